The van der Waals surface area contributed by atoms with Crippen molar-refractivity contribution in [2.75, 3.05) is 5.75 Å². The number of nitrogens with zero attached hydrogens (tertiary/aromatic N) is 2. The van der Waals surface area contributed by atoms with E-state index in [1.165, 1.54) is 28.5 Å². The lowest BCUT2D eigenvalue weighted by atomic mass is 10.2. The Hall–Kier alpha value is -2.67. The first-order valence-electron chi connectivity index (χ1n) is 8.60. The molecule has 0 radical (unpaired) electrons. The van der Waals surface area contributed by atoms with Crippen LogP contribution < -0.4 is 10.9 Å². The van der Waals surface area contributed by atoms with E-state index in [1.54, 1.807) is 30.3 Å². The van der Waals surface area contributed by atoms with Crippen LogP contribution in [-0.2, 0) is 11.3 Å². The van der Waals surface area contributed by atoms with Gasteiger partial charge in [-0.1, -0.05) is 36.0 Å². The number of carbonyl (C=O) groups is 1. The molecule has 7 heteroatoms. The van der Waals surface area contributed by atoms with Gasteiger partial charge in [-0.3, -0.25) is 14.2 Å². The Kier molecular flexibility index (Phi) is 5.91. The maximum atomic E-state index is 13.2. The van der Waals surface area contributed by atoms with Gasteiger partial charge < -0.3 is 5.32 Å². The van der Waals surface area contributed by atoms with Crippen molar-refractivity contribution in [1.82, 2.24) is 14.9 Å². The average molecular weight is 385 g/mol. The van der Waals surface area contributed by atoms with Crippen molar-refractivity contribution in [1.29, 1.82) is 0 Å². The van der Waals surface area contributed by atoms with Crippen LogP contribution in [0.25, 0.3) is 10.9 Å². The van der Waals surface area contributed by atoms with E-state index in [9.17, 15) is 14.0 Å². The lowest BCUT2D eigenvalue weighted by molar-refractivity contribution is -0.119. The summed E-state index contributed by atoms with van der Waals surface area (Å²) in [5.74, 6) is -0.291. The number of rotatable bonds is 6. The molecule has 1 amide bonds. The number of para-hydroxylation sites is 1. The molecule has 0 fully saturated rings. The number of thioether (sulfide) groups is 1. The second-order valence-electron chi connectivity index (χ2n) is 6.44. The molecule has 5 nitrogen and oxygen atoms in total. The summed E-state index contributed by atoms with van der Waals surface area (Å²) in [6.45, 7) is 4.04. The molecule has 27 heavy (non-hydrogen) atoms. The molecule has 0 unspecified atom stereocenters. The fourth-order valence-electron chi connectivity index (χ4n) is 2.66. The van der Waals surface area contributed by atoms with Crippen LogP contribution in [-0.4, -0.2) is 27.3 Å². The third-order valence-corrected chi connectivity index (χ3v) is 4.84. The number of amides is 1. The summed E-state index contributed by atoms with van der Waals surface area (Å²) in [7, 11) is 0. The molecule has 0 saturated carbocycles. The Morgan fingerprint density at radius 1 is 1.19 bits per heavy atom. The van der Waals surface area contributed by atoms with Crippen LogP contribution in [0.1, 0.15) is 19.4 Å². The van der Waals surface area contributed by atoms with Gasteiger partial charge in [0.05, 0.1) is 23.2 Å². The summed E-state index contributed by atoms with van der Waals surface area (Å²) in [6, 6.07) is 13.1. The number of hydrogen-bond acceptors (Lipinski definition) is 4. The first kappa shape index (κ1) is 19.1. The maximum absolute atomic E-state index is 13.2. The molecule has 0 saturated heterocycles. The Labute approximate surface area is 160 Å². The molecule has 1 aromatic heterocycles. The van der Waals surface area contributed by atoms with Crippen LogP contribution in [0.4, 0.5) is 4.39 Å². The summed E-state index contributed by atoms with van der Waals surface area (Å²) in [5.41, 5.74) is 1.19. The minimum Gasteiger partial charge on any atom is -0.353 e. The second kappa shape index (κ2) is 8.35. The molecule has 2 aromatic carbocycles. The topological polar surface area (TPSA) is 64.0 Å². The van der Waals surface area contributed by atoms with Crippen molar-refractivity contribution in [3.63, 3.8) is 0 Å². The van der Waals surface area contributed by atoms with Gasteiger partial charge in [0.2, 0.25) is 5.91 Å². The number of nitrogens with one attached hydrogen (secondary N) is 1. The number of carbonyl (C=O) groups excluding carboxylic acids is 1. The van der Waals surface area contributed by atoms with Crippen molar-refractivity contribution < 1.29 is 9.18 Å². The van der Waals surface area contributed by atoms with E-state index >= 15 is 0 Å². The summed E-state index contributed by atoms with van der Waals surface area (Å²) in [6.07, 6.45) is 0. The number of halogens is 1. The number of aromatic nitrogens is 2. The smallest absolute Gasteiger partial charge is 0.262 e. The molecular formula is C20H20FN3O2S. The van der Waals surface area contributed by atoms with Crippen molar-refractivity contribution >= 4 is 28.6 Å². The lowest BCUT2D eigenvalue weighted by Gasteiger charge is -2.14. The zero-order valence-corrected chi connectivity index (χ0v) is 15.9. The molecule has 0 spiro atoms. The minimum absolute atomic E-state index is 0.0454. The van der Waals surface area contributed by atoms with E-state index in [0.717, 1.165) is 5.56 Å². The van der Waals surface area contributed by atoms with Gasteiger partial charge in [0, 0.05) is 6.04 Å². The van der Waals surface area contributed by atoms with Crippen LogP contribution in [0, 0.1) is 5.82 Å². The average Bonchev–Trinajstić information content (AvgIpc) is 2.64. The third-order valence-electron chi connectivity index (χ3n) is 3.86. The highest BCUT2D eigenvalue weighted by Crippen LogP contribution is 2.19. The van der Waals surface area contributed by atoms with E-state index in [1.807, 2.05) is 19.9 Å². The van der Waals surface area contributed by atoms with Gasteiger partial charge in [-0.2, -0.15) is 0 Å². The minimum atomic E-state index is -0.331. The van der Waals surface area contributed by atoms with Gasteiger partial charge in [-0.15, -0.1) is 0 Å². The van der Waals surface area contributed by atoms with Gasteiger partial charge in [0.1, 0.15) is 5.82 Å². The number of benzene rings is 2. The van der Waals surface area contributed by atoms with E-state index in [-0.39, 0.29) is 35.6 Å². The van der Waals surface area contributed by atoms with Crippen LogP contribution in [0.5, 0.6) is 0 Å². The largest absolute Gasteiger partial charge is 0.353 e. The van der Waals surface area contributed by atoms with Gasteiger partial charge >= 0.3 is 0 Å². The Morgan fingerprint density at radius 2 is 1.89 bits per heavy atom. The van der Waals surface area contributed by atoms with Crippen molar-refractivity contribution in [2.24, 2.45) is 0 Å². The van der Waals surface area contributed by atoms with Crippen LogP contribution in [0.2, 0.25) is 0 Å². The summed E-state index contributed by atoms with van der Waals surface area (Å²) in [5, 5.41) is 3.79. The zero-order chi connectivity index (χ0) is 19.4. The molecule has 1 N–H and O–H groups in total. The van der Waals surface area contributed by atoms with Crippen LogP contribution in [0.3, 0.4) is 0 Å². The highest BCUT2D eigenvalue weighted by Gasteiger charge is 2.14. The SMILES string of the molecule is CC(C)NC(=O)CSc1nc2ccccc2c(=O)n1Cc1ccc(F)cc1. The zero-order valence-electron chi connectivity index (χ0n) is 15.1. The lowest BCUT2D eigenvalue weighted by Crippen LogP contribution is -2.32. The fraction of sp³-hybridized carbons (Fsp3) is 0.250. The first-order chi connectivity index (χ1) is 12.9. The van der Waals surface area contributed by atoms with E-state index < -0.39 is 0 Å². The molecule has 0 bridgehead atoms. The molecule has 3 rings (SSSR count). The Morgan fingerprint density at radius 3 is 2.59 bits per heavy atom. The van der Waals surface area contributed by atoms with E-state index in [0.29, 0.717) is 16.1 Å². The predicted octanol–water partition coefficient (Wildman–Crippen LogP) is 3.20. The standard InChI is InChI=1S/C20H20FN3O2S/c1-13(2)22-18(25)12-27-20-23-17-6-4-3-5-16(17)19(26)24(20)11-14-7-9-15(21)10-8-14/h3-10,13H,11-12H2,1-2H3,(H,22,25). The normalized spacial score (nSPS) is 11.1. The molecule has 3 aromatic rings. The van der Waals surface area contributed by atoms with Gasteiger partial charge in [-0.25, -0.2) is 9.37 Å². The maximum Gasteiger partial charge on any atom is 0.262 e. The van der Waals surface area contributed by atoms with Gasteiger partial charge in [-0.05, 0) is 43.7 Å². The quantitative estimate of drug-likeness (QED) is 0.523. The fourth-order valence-corrected chi connectivity index (χ4v) is 3.47. The first-order valence-corrected chi connectivity index (χ1v) is 9.59. The van der Waals surface area contributed by atoms with Crippen molar-refractivity contribution in [3.05, 3.63) is 70.3 Å². The highest BCUT2D eigenvalue weighted by atomic mass is 32.2. The van der Waals surface area contributed by atoms with Gasteiger partial charge in [0.25, 0.3) is 5.56 Å². The molecule has 0 atom stereocenters. The molecule has 0 aliphatic heterocycles. The Balaban J connectivity index is 1.97. The molecular weight excluding hydrogens is 365 g/mol. The molecule has 0 aliphatic carbocycles. The summed E-state index contributed by atoms with van der Waals surface area (Å²) >= 11 is 1.21. The van der Waals surface area contributed by atoms with Crippen LogP contribution in [0.15, 0.2) is 58.5 Å². The van der Waals surface area contributed by atoms with Crippen LogP contribution >= 0.6 is 11.8 Å². The second-order valence-corrected chi connectivity index (χ2v) is 7.38. The molecule has 0 aliphatic rings. The monoisotopic (exact) mass is 385 g/mol. The number of hydrogen-bond donors (Lipinski definition) is 1. The molecule has 140 valence electrons. The Bertz CT molecular complexity index is 1020. The summed E-state index contributed by atoms with van der Waals surface area (Å²) < 4.78 is 14.7. The van der Waals surface area contributed by atoms with E-state index in [4.69, 9.17) is 0 Å². The highest BCUT2D eigenvalue weighted by molar-refractivity contribution is 7.99. The number of fused-ring (bicyclic) bond motifs is 1. The van der Waals surface area contributed by atoms with Crippen molar-refractivity contribution in [3.8, 4) is 0 Å². The predicted molar refractivity (Wildman–Crippen MR) is 106 cm³/mol. The van der Waals surface area contributed by atoms with Gasteiger partial charge in [0.15, 0.2) is 5.16 Å². The van der Waals surface area contributed by atoms with Crippen molar-refractivity contribution in [2.45, 2.75) is 31.6 Å². The molecule has 1 heterocycles. The van der Waals surface area contributed by atoms with E-state index in [2.05, 4.69) is 10.3 Å². The third kappa shape index (κ3) is 4.74. The summed E-state index contributed by atoms with van der Waals surface area (Å²) in [4.78, 5) is 29.5.